The minimum Gasteiger partial charge on any atom is -0.355 e. The van der Waals surface area contributed by atoms with Crippen LogP contribution in [-0.4, -0.2) is 59.2 Å². The Morgan fingerprint density at radius 2 is 1.97 bits per heavy atom. The Hall–Kier alpha value is -2.54. The molecule has 1 atom stereocenters. The summed E-state index contributed by atoms with van der Waals surface area (Å²) in [6.45, 7) is 5.09. The fourth-order valence-corrected chi connectivity index (χ4v) is 6.78. The van der Waals surface area contributed by atoms with Gasteiger partial charge in [-0.25, -0.2) is 9.97 Å². The summed E-state index contributed by atoms with van der Waals surface area (Å²) in [6, 6.07) is 5.31. The molecule has 1 aliphatic carbocycles. The monoisotopic (exact) mass is 505 g/mol. The molecule has 1 spiro atoms. The molecule has 3 fully saturated rings. The number of hydrogen-bond acceptors (Lipinski definition) is 6. The van der Waals surface area contributed by atoms with Crippen LogP contribution < -0.4 is 10.2 Å². The average molecular weight is 506 g/mol. The maximum Gasteiger partial charge on any atom is 0.393 e. The van der Waals surface area contributed by atoms with Crippen LogP contribution in [0, 0.1) is 23.3 Å². The third-order valence-electron chi connectivity index (χ3n) is 7.47. The van der Waals surface area contributed by atoms with E-state index in [4.69, 9.17) is 0 Å². The summed E-state index contributed by atoms with van der Waals surface area (Å²) in [7, 11) is 0. The first-order valence-electron chi connectivity index (χ1n) is 12.3. The first-order chi connectivity index (χ1) is 16.7. The van der Waals surface area contributed by atoms with Crippen LogP contribution in [0.5, 0.6) is 0 Å². The predicted octanol–water partition coefficient (Wildman–Crippen LogP) is 4.35. The van der Waals surface area contributed by atoms with Gasteiger partial charge in [0.1, 0.15) is 17.0 Å². The van der Waals surface area contributed by atoms with Gasteiger partial charge in [-0.05, 0) is 44.6 Å². The molecular weight excluding hydrogens is 475 g/mol. The van der Waals surface area contributed by atoms with Crippen molar-refractivity contribution in [1.29, 1.82) is 0 Å². The van der Waals surface area contributed by atoms with Crippen LogP contribution in [0.15, 0.2) is 12.4 Å². The zero-order chi connectivity index (χ0) is 24.6. The third kappa shape index (κ3) is 5.66. The molecule has 2 aromatic heterocycles. The van der Waals surface area contributed by atoms with Gasteiger partial charge in [-0.1, -0.05) is 5.92 Å². The van der Waals surface area contributed by atoms with Crippen molar-refractivity contribution in [2.45, 2.75) is 64.1 Å². The minimum absolute atomic E-state index is 0.0379. The molecule has 0 aromatic carbocycles. The summed E-state index contributed by atoms with van der Waals surface area (Å²) in [5.41, 5.74) is 0.139. The maximum absolute atomic E-state index is 12.9. The number of fused-ring (bicyclic) bond motifs is 1. The number of likely N-dealkylation sites (tertiary alicyclic amines) is 1. The molecule has 35 heavy (non-hydrogen) atoms. The normalized spacial score (nSPS) is 26.9. The van der Waals surface area contributed by atoms with Crippen LogP contribution >= 0.6 is 11.3 Å². The number of thiophene rings is 1. The SMILES string of the molecule is CC(=O)NC1CCC(C#CN2CCC3(CCN(c4ncnc5sc(CC(F)(F)F)cc45)C3)C2)CC1. The topological polar surface area (TPSA) is 61.4 Å². The molecule has 10 heteroatoms. The predicted molar refractivity (Wildman–Crippen MR) is 130 cm³/mol. The summed E-state index contributed by atoms with van der Waals surface area (Å²) in [4.78, 5) is 25.3. The number of aromatic nitrogens is 2. The van der Waals surface area contributed by atoms with E-state index in [1.807, 2.05) is 0 Å². The summed E-state index contributed by atoms with van der Waals surface area (Å²) in [6.07, 6.45) is 2.39. The zero-order valence-electron chi connectivity index (χ0n) is 19.8. The number of anilines is 1. The van der Waals surface area contributed by atoms with E-state index in [0.717, 1.165) is 87.2 Å². The largest absolute Gasteiger partial charge is 0.393 e. The highest BCUT2D eigenvalue weighted by atomic mass is 32.1. The van der Waals surface area contributed by atoms with Gasteiger partial charge in [-0.2, -0.15) is 13.2 Å². The molecule has 1 unspecified atom stereocenters. The van der Waals surface area contributed by atoms with Crippen molar-refractivity contribution in [3.05, 3.63) is 17.3 Å². The highest BCUT2D eigenvalue weighted by Crippen LogP contribution is 2.42. The second kappa shape index (κ2) is 9.49. The summed E-state index contributed by atoms with van der Waals surface area (Å²) in [5, 5.41) is 3.73. The Morgan fingerprint density at radius 3 is 2.71 bits per heavy atom. The molecule has 1 amide bonds. The first kappa shape index (κ1) is 24.2. The molecule has 2 saturated heterocycles. The maximum atomic E-state index is 12.9. The third-order valence-corrected chi connectivity index (χ3v) is 8.51. The van der Waals surface area contributed by atoms with E-state index in [9.17, 15) is 18.0 Å². The number of alkyl halides is 3. The standard InChI is InChI=1S/C25H30F3N5OS/c1-17(34)31-19-4-2-18(3-5-19)6-9-32-10-7-24(14-32)8-11-33(15-24)22-21-12-20(13-25(26,27)28)35-23(21)30-16-29-22/h12,16,18-19H,2-5,7-8,10-11,13-15H2,1H3,(H,31,34). The molecule has 0 radical (unpaired) electrons. The van der Waals surface area contributed by atoms with Crippen LogP contribution in [0.2, 0.25) is 0 Å². The van der Waals surface area contributed by atoms with Crippen molar-refractivity contribution in [1.82, 2.24) is 20.2 Å². The van der Waals surface area contributed by atoms with E-state index in [1.54, 1.807) is 13.0 Å². The van der Waals surface area contributed by atoms with Crippen molar-refractivity contribution in [3.8, 4) is 12.0 Å². The molecule has 3 aliphatic rings. The quantitative estimate of drug-likeness (QED) is 0.629. The van der Waals surface area contributed by atoms with Gasteiger partial charge in [-0.3, -0.25) is 4.79 Å². The molecule has 4 heterocycles. The lowest BCUT2D eigenvalue weighted by Gasteiger charge is -2.26. The Balaban J connectivity index is 1.20. The van der Waals surface area contributed by atoms with Crippen LogP contribution in [-0.2, 0) is 11.2 Å². The van der Waals surface area contributed by atoms with Crippen molar-refractivity contribution >= 4 is 33.3 Å². The second-order valence-electron chi connectivity index (χ2n) is 10.3. The van der Waals surface area contributed by atoms with Crippen LogP contribution in [0.1, 0.15) is 50.3 Å². The molecule has 2 aromatic rings. The smallest absolute Gasteiger partial charge is 0.355 e. The molecule has 1 saturated carbocycles. The number of carbonyl (C=O) groups is 1. The summed E-state index contributed by atoms with van der Waals surface area (Å²) in [5.74, 6) is 4.64. The van der Waals surface area contributed by atoms with Gasteiger partial charge in [0.2, 0.25) is 5.91 Å². The number of halogens is 3. The minimum atomic E-state index is -4.23. The van der Waals surface area contributed by atoms with Gasteiger partial charge in [0, 0.05) is 61.4 Å². The van der Waals surface area contributed by atoms with E-state index < -0.39 is 12.6 Å². The Morgan fingerprint density at radius 1 is 1.20 bits per heavy atom. The van der Waals surface area contributed by atoms with E-state index in [2.05, 4.69) is 37.0 Å². The van der Waals surface area contributed by atoms with Gasteiger partial charge >= 0.3 is 6.18 Å². The summed E-state index contributed by atoms with van der Waals surface area (Å²) >= 11 is 1.10. The van der Waals surface area contributed by atoms with E-state index in [0.29, 0.717) is 10.7 Å². The Bertz CT molecular complexity index is 1150. The van der Waals surface area contributed by atoms with Gasteiger partial charge in [-0.15, -0.1) is 11.3 Å². The number of rotatable bonds is 3. The lowest BCUT2D eigenvalue weighted by Crippen LogP contribution is -2.36. The van der Waals surface area contributed by atoms with Crippen molar-refractivity contribution in [2.24, 2.45) is 11.3 Å². The molecule has 1 N–H and O–H groups in total. The lowest BCUT2D eigenvalue weighted by atomic mass is 9.86. The number of nitrogens with one attached hydrogen (secondary N) is 1. The number of nitrogens with zero attached hydrogens (tertiary/aromatic N) is 4. The van der Waals surface area contributed by atoms with Crippen molar-refractivity contribution in [2.75, 3.05) is 31.1 Å². The summed E-state index contributed by atoms with van der Waals surface area (Å²) < 4.78 is 38.6. The van der Waals surface area contributed by atoms with Gasteiger partial charge in [0.15, 0.2) is 0 Å². The highest BCUT2D eigenvalue weighted by molar-refractivity contribution is 7.18. The fourth-order valence-electron chi connectivity index (χ4n) is 5.76. The lowest BCUT2D eigenvalue weighted by molar-refractivity contribution is -0.126. The van der Waals surface area contributed by atoms with Crippen LogP contribution in [0.3, 0.4) is 0 Å². The number of hydrogen-bond donors (Lipinski definition) is 1. The van der Waals surface area contributed by atoms with Crippen LogP contribution in [0.4, 0.5) is 19.0 Å². The molecule has 188 valence electrons. The molecule has 0 bridgehead atoms. The van der Waals surface area contributed by atoms with Gasteiger partial charge in [0.05, 0.1) is 11.8 Å². The van der Waals surface area contributed by atoms with Gasteiger partial charge in [0.25, 0.3) is 0 Å². The Labute approximate surface area is 207 Å². The number of carbonyl (C=O) groups excluding carboxylic acids is 1. The highest BCUT2D eigenvalue weighted by Gasteiger charge is 2.44. The van der Waals surface area contributed by atoms with Crippen molar-refractivity contribution < 1.29 is 18.0 Å². The molecule has 5 rings (SSSR count). The number of amides is 1. The van der Waals surface area contributed by atoms with E-state index in [-0.39, 0.29) is 22.2 Å². The molecular formula is C25H30F3N5OS. The first-order valence-corrected chi connectivity index (χ1v) is 13.1. The van der Waals surface area contributed by atoms with Crippen LogP contribution in [0.25, 0.3) is 10.2 Å². The second-order valence-corrected chi connectivity index (χ2v) is 11.4. The van der Waals surface area contributed by atoms with E-state index >= 15 is 0 Å². The zero-order valence-corrected chi connectivity index (χ0v) is 20.6. The van der Waals surface area contributed by atoms with E-state index in [1.165, 1.54) is 6.33 Å². The van der Waals surface area contributed by atoms with Gasteiger partial charge < -0.3 is 15.1 Å². The van der Waals surface area contributed by atoms with Crippen molar-refractivity contribution in [3.63, 3.8) is 0 Å². The Kier molecular flexibility index (Phi) is 6.55. The molecule has 6 nitrogen and oxygen atoms in total. The average Bonchev–Trinajstić information content (AvgIpc) is 3.50. The molecule has 2 aliphatic heterocycles. The fraction of sp³-hybridized carbons (Fsp3) is 0.640.